The normalized spacial score (nSPS) is 21.8. The van der Waals surface area contributed by atoms with Gasteiger partial charge in [0.2, 0.25) is 0 Å². The van der Waals surface area contributed by atoms with E-state index < -0.39 is 0 Å². The molecule has 3 heteroatoms. The first-order chi connectivity index (χ1) is 9.93. The van der Waals surface area contributed by atoms with Crippen LogP contribution in [0.25, 0.3) is 0 Å². The predicted octanol–water partition coefficient (Wildman–Crippen LogP) is 2.64. The van der Waals surface area contributed by atoms with Gasteiger partial charge in [0.15, 0.2) is 0 Å². The number of rotatable bonds is 4. The van der Waals surface area contributed by atoms with Crippen LogP contribution in [0.3, 0.4) is 0 Å². The van der Waals surface area contributed by atoms with Gasteiger partial charge in [-0.3, -0.25) is 4.90 Å². The molecular weight excluding hydrogens is 258 g/mol. The van der Waals surface area contributed by atoms with Crippen LogP contribution >= 0.6 is 0 Å². The maximum absolute atomic E-state index is 6.18. The zero-order valence-corrected chi connectivity index (χ0v) is 14.3. The van der Waals surface area contributed by atoms with Crippen molar-refractivity contribution < 1.29 is 0 Å². The van der Waals surface area contributed by atoms with Crippen LogP contribution in [0.1, 0.15) is 41.1 Å². The molecule has 0 spiro atoms. The molecule has 2 N–H and O–H groups in total. The first-order valence-corrected chi connectivity index (χ1v) is 8.12. The van der Waals surface area contributed by atoms with Crippen LogP contribution in [0.4, 0.5) is 0 Å². The van der Waals surface area contributed by atoms with Gasteiger partial charge in [0.05, 0.1) is 0 Å². The summed E-state index contributed by atoms with van der Waals surface area (Å²) in [6.07, 6.45) is 2.57. The molecule has 1 aromatic carbocycles. The molecule has 1 aliphatic heterocycles. The van der Waals surface area contributed by atoms with E-state index in [1.807, 2.05) is 0 Å². The van der Waals surface area contributed by atoms with Crippen molar-refractivity contribution in [2.45, 2.75) is 45.7 Å². The molecular formula is C18H31N3. The smallest absolute Gasteiger partial charge is 0.0476 e. The summed E-state index contributed by atoms with van der Waals surface area (Å²) in [5.74, 6) is 0. The molecule has 21 heavy (non-hydrogen) atoms. The van der Waals surface area contributed by atoms with E-state index >= 15 is 0 Å². The van der Waals surface area contributed by atoms with Gasteiger partial charge in [-0.2, -0.15) is 0 Å². The quantitative estimate of drug-likeness (QED) is 0.925. The number of hydrogen-bond acceptors (Lipinski definition) is 3. The fourth-order valence-corrected chi connectivity index (χ4v) is 3.85. The number of piperidine rings is 1. The van der Waals surface area contributed by atoms with E-state index in [0.29, 0.717) is 18.6 Å². The second-order valence-electron chi connectivity index (χ2n) is 6.82. The van der Waals surface area contributed by atoms with Crippen LogP contribution in [-0.2, 0) is 0 Å². The zero-order chi connectivity index (χ0) is 15.6. The average Bonchev–Trinajstić information content (AvgIpc) is 2.42. The van der Waals surface area contributed by atoms with Crippen molar-refractivity contribution in [3.63, 3.8) is 0 Å². The highest BCUT2D eigenvalue weighted by atomic mass is 15.2. The molecule has 2 atom stereocenters. The van der Waals surface area contributed by atoms with E-state index in [9.17, 15) is 0 Å². The second kappa shape index (κ2) is 6.91. The van der Waals surface area contributed by atoms with Gasteiger partial charge >= 0.3 is 0 Å². The second-order valence-corrected chi connectivity index (χ2v) is 6.82. The van der Waals surface area contributed by atoms with Crippen molar-refractivity contribution >= 4 is 0 Å². The van der Waals surface area contributed by atoms with Crippen molar-refractivity contribution in [1.82, 2.24) is 9.80 Å². The largest absolute Gasteiger partial charge is 0.329 e. The number of likely N-dealkylation sites (N-methyl/N-ethyl adjacent to an activating group) is 1. The molecule has 1 heterocycles. The van der Waals surface area contributed by atoms with Crippen LogP contribution < -0.4 is 5.73 Å². The van der Waals surface area contributed by atoms with Crippen LogP contribution in [0.5, 0.6) is 0 Å². The monoisotopic (exact) mass is 289 g/mol. The van der Waals surface area contributed by atoms with Crippen molar-refractivity contribution in [1.29, 1.82) is 0 Å². The van der Waals surface area contributed by atoms with Gasteiger partial charge in [0.1, 0.15) is 0 Å². The molecule has 0 radical (unpaired) electrons. The Morgan fingerprint density at radius 1 is 1.24 bits per heavy atom. The van der Waals surface area contributed by atoms with Crippen molar-refractivity contribution in [2.75, 3.05) is 33.7 Å². The minimum atomic E-state index is 0.355. The van der Waals surface area contributed by atoms with Gasteiger partial charge in [-0.05, 0) is 70.9 Å². The third-order valence-corrected chi connectivity index (χ3v) is 4.89. The molecule has 2 unspecified atom stereocenters. The summed E-state index contributed by atoms with van der Waals surface area (Å²) >= 11 is 0. The highest BCUT2D eigenvalue weighted by molar-refractivity contribution is 5.40. The summed E-state index contributed by atoms with van der Waals surface area (Å²) in [4.78, 5) is 4.95. The molecule has 0 aromatic heterocycles. The minimum Gasteiger partial charge on any atom is -0.329 e. The maximum atomic E-state index is 6.18. The van der Waals surface area contributed by atoms with Gasteiger partial charge in [-0.25, -0.2) is 0 Å². The van der Waals surface area contributed by atoms with E-state index in [0.717, 1.165) is 6.54 Å². The summed E-state index contributed by atoms with van der Waals surface area (Å²) in [7, 11) is 4.38. The van der Waals surface area contributed by atoms with E-state index in [4.69, 9.17) is 5.73 Å². The van der Waals surface area contributed by atoms with E-state index in [1.165, 1.54) is 41.6 Å². The Bertz CT molecular complexity index is 458. The number of aryl methyl sites for hydroxylation is 3. The van der Waals surface area contributed by atoms with Crippen LogP contribution in [0.15, 0.2) is 12.1 Å². The topological polar surface area (TPSA) is 32.5 Å². The third-order valence-electron chi connectivity index (χ3n) is 4.89. The SMILES string of the molecule is Cc1cc(C)c(C(CN)N2CCCC(N(C)C)C2)c(C)c1. The molecule has 1 aromatic rings. The van der Waals surface area contributed by atoms with Crippen molar-refractivity contribution in [3.05, 3.63) is 34.4 Å². The van der Waals surface area contributed by atoms with Gasteiger partial charge < -0.3 is 10.6 Å². The van der Waals surface area contributed by atoms with E-state index in [2.05, 4.69) is 56.8 Å². The van der Waals surface area contributed by atoms with Crippen LogP contribution in [0, 0.1) is 20.8 Å². The fraction of sp³-hybridized carbons (Fsp3) is 0.667. The first-order valence-electron chi connectivity index (χ1n) is 8.12. The van der Waals surface area contributed by atoms with E-state index in [1.54, 1.807) is 0 Å². The predicted molar refractivity (Wildman–Crippen MR) is 90.7 cm³/mol. The highest BCUT2D eigenvalue weighted by Crippen LogP contribution is 2.30. The lowest BCUT2D eigenvalue weighted by atomic mass is 9.91. The molecule has 1 saturated heterocycles. The average molecular weight is 289 g/mol. The maximum Gasteiger partial charge on any atom is 0.0476 e. The van der Waals surface area contributed by atoms with Gasteiger partial charge in [-0.15, -0.1) is 0 Å². The lowest BCUT2D eigenvalue weighted by molar-refractivity contribution is 0.0979. The Kier molecular flexibility index (Phi) is 5.42. The summed E-state index contributed by atoms with van der Waals surface area (Å²) in [6.45, 7) is 9.62. The van der Waals surface area contributed by atoms with Crippen molar-refractivity contribution in [2.24, 2.45) is 5.73 Å². The number of nitrogens with zero attached hydrogens (tertiary/aromatic N) is 2. The van der Waals surface area contributed by atoms with Gasteiger partial charge in [0.25, 0.3) is 0 Å². The molecule has 2 rings (SSSR count). The summed E-state index contributed by atoms with van der Waals surface area (Å²) in [6, 6.07) is 5.59. The van der Waals surface area contributed by atoms with Crippen LogP contribution in [-0.4, -0.2) is 49.6 Å². The molecule has 118 valence electrons. The molecule has 0 aliphatic carbocycles. The van der Waals surface area contributed by atoms with Crippen LogP contribution in [0.2, 0.25) is 0 Å². The minimum absolute atomic E-state index is 0.355. The Morgan fingerprint density at radius 2 is 1.86 bits per heavy atom. The van der Waals surface area contributed by atoms with Gasteiger partial charge in [0, 0.05) is 25.2 Å². The molecule has 0 saturated carbocycles. The number of nitrogens with two attached hydrogens (primary N) is 1. The van der Waals surface area contributed by atoms with Crippen molar-refractivity contribution in [3.8, 4) is 0 Å². The third kappa shape index (κ3) is 3.65. The number of benzene rings is 1. The Balaban J connectivity index is 2.27. The summed E-state index contributed by atoms with van der Waals surface area (Å²) in [5.41, 5.74) is 11.7. The summed E-state index contributed by atoms with van der Waals surface area (Å²) < 4.78 is 0. The Morgan fingerprint density at radius 3 is 2.38 bits per heavy atom. The zero-order valence-electron chi connectivity index (χ0n) is 14.3. The summed E-state index contributed by atoms with van der Waals surface area (Å²) in [5, 5.41) is 0. The van der Waals surface area contributed by atoms with Gasteiger partial charge in [-0.1, -0.05) is 17.7 Å². The molecule has 0 amide bonds. The first kappa shape index (κ1) is 16.5. The number of hydrogen-bond donors (Lipinski definition) is 1. The Hall–Kier alpha value is -0.900. The molecule has 1 fully saturated rings. The Labute approximate surface area is 130 Å². The van der Waals surface area contributed by atoms with E-state index in [-0.39, 0.29) is 0 Å². The lowest BCUT2D eigenvalue weighted by Gasteiger charge is -2.41. The highest BCUT2D eigenvalue weighted by Gasteiger charge is 2.28. The molecule has 0 bridgehead atoms. The number of likely N-dealkylation sites (tertiary alicyclic amines) is 1. The molecule has 1 aliphatic rings. The lowest BCUT2D eigenvalue weighted by Crippen LogP contribution is -2.48. The standard InChI is InChI=1S/C18H31N3/c1-13-9-14(2)18(15(3)10-13)17(11-19)21-8-6-7-16(12-21)20(4)5/h9-10,16-17H,6-8,11-12,19H2,1-5H3. The fourth-order valence-electron chi connectivity index (χ4n) is 3.85. The molecule has 3 nitrogen and oxygen atoms in total.